The summed E-state index contributed by atoms with van der Waals surface area (Å²) in [6.45, 7) is 4.97. The van der Waals surface area contributed by atoms with Gasteiger partial charge in [0, 0.05) is 13.1 Å². The van der Waals surface area contributed by atoms with Gasteiger partial charge in [0.15, 0.2) is 0 Å². The van der Waals surface area contributed by atoms with Crippen molar-refractivity contribution in [3.8, 4) is 0 Å². The fraction of sp³-hybridized carbons (Fsp3) is 0.800. The number of hydrogen-bond donors (Lipinski definition) is 1. The van der Waals surface area contributed by atoms with Crippen LogP contribution in [-0.4, -0.2) is 59.0 Å². The van der Waals surface area contributed by atoms with Crippen LogP contribution in [0, 0.1) is 0 Å². The van der Waals surface area contributed by atoms with Crippen LogP contribution in [0.2, 0.25) is 0 Å². The van der Waals surface area contributed by atoms with Gasteiger partial charge in [-0.05, 0) is 27.3 Å². The van der Waals surface area contributed by atoms with Gasteiger partial charge in [0.1, 0.15) is 5.54 Å². The molecule has 5 heteroatoms. The Morgan fingerprint density at radius 3 is 2.27 bits per heavy atom. The monoisotopic (exact) mass is 214 g/mol. The second-order valence-corrected chi connectivity index (χ2v) is 4.45. The van der Waals surface area contributed by atoms with Crippen molar-refractivity contribution in [1.29, 1.82) is 0 Å². The SMILES string of the molecule is CN(CC(=O)N1CCC1)C(C)(C)C(=O)O. The lowest BCUT2D eigenvalue weighted by molar-refractivity contribution is -0.150. The van der Waals surface area contributed by atoms with Crippen LogP contribution in [-0.2, 0) is 9.59 Å². The van der Waals surface area contributed by atoms with Crippen molar-refractivity contribution < 1.29 is 14.7 Å². The number of rotatable bonds is 4. The van der Waals surface area contributed by atoms with E-state index in [1.807, 2.05) is 0 Å². The van der Waals surface area contributed by atoms with Crippen LogP contribution in [0.1, 0.15) is 20.3 Å². The van der Waals surface area contributed by atoms with Crippen molar-refractivity contribution in [3.63, 3.8) is 0 Å². The topological polar surface area (TPSA) is 60.9 Å². The van der Waals surface area contributed by atoms with E-state index in [1.54, 1.807) is 30.7 Å². The van der Waals surface area contributed by atoms with Crippen molar-refractivity contribution >= 4 is 11.9 Å². The lowest BCUT2D eigenvalue weighted by atomic mass is 10.0. The number of likely N-dealkylation sites (N-methyl/N-ethyl adjacent to an activating group) is 1. The number of hydrogen-bond acceptors (Lipinski definition) is 3. The van der Waals surface area contributed by atoms with Gasteiger partial charge in [0.05, 0.1) is 6.54 Å². The van der Waals surface area contributed by atoms with Gasteiger partial charge in [-0.2, -0.15) is 0 Å². The molecule has 1 aliphatic heterocycles. The maximum atomic E-state index is 11.6. The Balaban J connectivity index is 2.50. The Hall–Kier alpha value is -1.10. The molecule has 0 radical (unpaired) electrons. The van der Waals surface area contributed by atoms with Crippen LogP contribution in [0.4, 0.5) is 0 Å². The summed E-state index contributed by atoms with van der Waals surface area (Å²) >= 11 is 0. The number of aliphatic carboxylic acids is 1. The molecule has 0 spiro atoms. The lowest BCUT2D eigenvalue weighted by Crippen LogP contribution is -2.53. The fourth-order valence-electron chi connectivity index (χ4n) is 1.23. The van der Waals surface area contributed by atoms with E-state index in [-0.39, 0.29) is 12.5 Å². The van der Waals surface area contributed by atoms with Gasteiger partial charge in [-0.25, -0.2) is 0 Å². The van der Waals surface area contributed by atoms with Gasteiger partial charge < -0.3 is 10.0 Å². The molecule has 1 heterocycles. The van der Waals surface area contributed by atoms with Gasteiger partial charge in [-0.15, -0.1) is 0 Å². The fourth-order valence-corrected chi connectivity index (χ4v) is 1.23. The summed E-state index contributed by atoms with van der Waals surface area (Å²) in [6.07, 6.45) is 1.05. The molecule has 86 valence electrons. The average Bonchev–Trinajstić information content (AvgIpc) is 1.99. The first-order valence-electron chi connectivity index (χ1n) is 5.08. The molecule has 0 aromatic carbocycles. The van der Waals surface area contributed by atoms with Crippen LogP contribution in [0.15, 0.2) is 0 Å². The summed E-state index contributed by atoms with van der Waals surface area (Å²) in [7, 11) is 1.66. The largest absolute Gasteiger partial charge is 0.480 e. The highest BCUT2D eigenvalue weighted by atomic mass is 16.4. The number of carboxylic acids is 1. The van der Waals surface area contributed by atoms with Gasteiger partial charge in [0.25, 0.3) is 0 Å². The number of carboxylic acid groups (broad SMARTS) is 1. The molecule has 1 rings (SSSR count). The predicted molar refractivity (Wildman–Crippen MR) is 55.5 cm³/mol. The van der Waals surface area contributed by atoms with E-state index in [4.69, 9.17) is 5.11 Å². The van der Waals surface area contributed by atoms with Gasteiger partial charge >= 0.3 is 5.97 Å². The van der Waals surface area contributed by atoms with Crippen LogP contribution < -0.4 is 0 Å². The summed E-state index contributed by atoms with van der Waals surface area (Å²) in [4.78, 5) is 25.8. The molecule has 0 aromatic rings. The number of carbonyl (C=O) groups is 2. The van der Waals surface area contributed by atoms with E-state index in [9.17, 15) is 9.59 Å². The molecular weight excluding hydrogens is 196 g/mol. The van der Waals surface area contributed by atoms with Crippen molar-refractivity contribution in [2.75, 3.05) is 26.7 Å². The van der Waals surface area contributed by atoms with E-state index in [0.29, 0.717) is 0 Å². The highest BCUT2D eigenvalue weighted by Crippen LogP contribution is 2.14. The summed E-state index contributed by atoms with van der Waals surface area (Å²) in [5.41, 5.74) is -0.999. The molecule has 0 aromatic heterocycles. The van der Waals surface area contributed by atoms with Crippen molar-refractivity contribution in [3.05, 3.63) is 0 Å². The second kappa shape index (κ2) is 4.18. The number of amides is 1. The molecule has 1 saturated heterocycles. The maximum Gasteiger partial charge on any atom is 0.323 e. The van der Waals surface area contributed by atoms with Crippen molar-refractivity contribution in [2.45, 2.75) is 25.8 Å². The summed E-state index contributed by atoms with van der Waals surface area (Å²) in [5.74, 6) is -0.903. The third-order valence-corrected chi connectivity index (χ3v) is 3.06. The third-order valence-electron chi connectivity index (χ3n) is 3.06. The zero-order valence-corrected chi connectivity index (χ0v) is 9.49. The van der Waals surface area contributed by atoms with E-state index in [1.165, 1.54) is 0 Å². The van der Waals surface area contributed by atoms with E-state index in [2.05, 4.69) is 0 Å². The van der Waals surface area contributed by atoms with E-state index >= 15 is 0 Å². The smallest absolute Gasteiger partial charge is 0.323 e. The minimum absolute atomic E-state index is 0.0121. The molecule has 0 atom stereocenters. The average molecular weight is 214 g/mol. The molecule has 0 aliphatic carbocycles. The van der Waals surface area contributed by atoms with Crippen molar-refractivity contribution in [2.24, 2.45) is 0 Å². The Bertz CT molecular complexity index is 272. The Morgan fingerprint density at radius 1 is 1.40 bits per heavy atom. The molecular formula is C10H18N2O3. The molecule has 0 bridgehead atoms. The second-order valence-electron chi connectivity index (χ2n) is 4.45. The van der Waals surface area contributed by atoms with E-state index in [0.717, 1.165) is 19.5 Å². The Morgan fingerprint density at radius 2 is 1.93 bits per heavy atom. The summed E-state index contributed by atoms with van der Waals surface area (Å²) < 4.78 is 0. The third kappa shape index (κ3) is 2.47. The molecule has 1 aliphatic rings. The summed E-state index contributed by atoms with van der Waals surface area (Å²) in [6, 6.07) is 0. The number of carbonyl (C=O) groups excluding carboxylic acids is 1. The predicted octanol–water partition coefficient (Wildman–Crippen LogP) is 0.0137. The number of likely N-dealkylation sites (tertiary alicyclic amines) is 1. The van der Waals surface area contributed by atoms with Crippen LogP contribution in [0.5, 0.6) is 0 Å². The van der Waals surface area contributed by atoms with Crippen LogP contribution in [0.25, 0.3) is 0 Å². The lowest BCUT2D eigenvalue weighted by Gasteiger charge is -2.36. The first kappa shape index (κ1) is 12.0. The molecule has 1 fully saturated rings. The standard InChI is InChI=1S/C10H18N2O3/c1-10(2,9(14)15)11(3)7-8(13)12-5-4-6-12/h4-7H2,1-3H3,(H,14,15). The van der Waals surface area contributed by atoms with E-state index < -0.39 is 11.5 Å². The molecule has 1 amide bonds. The minimum Gasteiger partial charge on any atom is -0.480 e. The zero-order chi connectivity index (χ0) is 11.6. The number of nitrogens with zero attached hydrogens (tertiary/aromatic N) is 2. The maximum absolute atomic E-state index is 11.6. The quantitative estimate of drug-likeness (QED) is 0.716. The zero-order valence-electron chi connectivity index (χ0n) is 9.49. The molecule has 5 nitrogen and oxygen atoms in total. The molecule has 1 N–H and O–H groups in total. The molecule has 15 heavy (non-hydrogen) atoms. The highest BCUT2D eigenvalue weighted by Gasteiger charge is 2.34. The molecule has 0 unspecified atom stereocenters. The normalized spacial score (nSPS) is 16.4. The van der Waals surface area contributed by atoms with Crippen LogP contribution >= 0.6 is 0 Å². The highest BCUT2D eigenvalue weighted by molar-refractivity contribution is 5.82. The van der Waals surface area contributed by atoms with Gasteiger partial charge in [-0.1, -0.05) is 0 Å². The van der Waals surface area contributed by atoms with Gasteiger partial charge in [0.2, 0.25) is 5.91 Å². The molecule has 0 saturated carbocycles. The van der Waals surface area contributed by atoms with Crippen LogP contribution in [0.3, 0.4) is 0 Å². The Labute approximate surface area is 89.7 Å². The Kier molecular flexibility index (Phi) is 3.34. The first-order chi connectivity index (χ1) is 6.85. The minimum atomic E-state index is -0.999. The van der Waals surface area contributed by atoms with Gasteiger partial charge in [-0.3, -0.25) is 14.5 Å². The first-order valence-corrected chi connectivity index (χ1v) is 5.08. The van der Waals surface area contributed by atoms with Crippen molar-refractivity contribution in [1.82, 2.24) is 9.80 Å². The summed E-state index contributed by atoms with van der Waals surface area (Å²) in [5, 5.41) is 8.97.